The van der Waals surface area contributed by atoms with Crippen molar-refractivity contribution >= 4 is 22.4 Å². The first-order valence-corrected chi connectivity index (χ1v) is 7.96. The molecule has 0 saturated carbocycles. The molecule has 0 aliphatic rings. The maximum Gasteiger partial charge on any atom is 0.257 e. The monoisotopic (exact) mass is 303 g/mol. The van der Waals surface area contributed by atoms with Gasteiger partial charge in [-0.25, -0.2) is 4.98 Å². The summed E-state index contributed by atoms with van der Waals surface area (Å²) in [5.74, 6) is -0.107. The molecular formula is C16H21N3OS. The average molecular weight is 303 g/mol. The maximum atomic E-state index is 12.3. The number of nitrogens with one attached hydrogen (secondary N) is 2. The van der Waals surface area contributed by atoms with Gasteiger partial charge in [-0.1, -0.05) is 24.6 Å². The number of carbonyl (C=O) groups excluding carboxylic acids is 1. The van der Waals surface area contributed by atoms with E-state index in [0.29, 0.717) is 10.7 Å². The van der Waals surface area contributed by atoms with Crippen molar-refractivity contribution in [2.24, 2.45) is 0 Å². The summed E-state index contributed by atoms with van der Waals surface area (Å²) in [6, 6.07) is 6.01. The van der Waals surface area contributed by atoms with Gasteiger partial charge in [0.25, 0.3) is 5.91 Å². The number of aryl methyl sites for hydroxylation is 2. The van der Waals surface area contributed by atoms with E-state index >= 15 is 0 Å². The summed E-state index contributed by atoms with van der Waals surface area (Å²) >= 11 is 1.45. The van der Waals surface area contributed by atoms with Crippen molar-refractivity contribution < 1.29 is 4.79 Å². The zero-order chi connectivity index (χ0) is 15.4. The Balaban J connectivity index is 2.09. The second-order valence-electron chi connectivity index (χ2n) is 5.13. The number of benzene rings is 1. The molecule has 0 radical (unpaired) electrons. The molecule has 21 heavy (non-hydrogen) atoms. The minimum atomic E-state index is -0.107. The van der Waals surface area contributed by atoms with Gasteiger partial charge in [-0.05, 0) is 38.9 Å². The van der Waals surface area contributed by atoms with E-state index in [-0.39, 0.29) is 11.9 Å². The van der Waals surface area contributed by atoms with Crippen molar-refractivity contribution in [1.82, 2.24) is 10.3 Å². The second kappa shape index (κ2) is 6.83. The van der Waals surface area contributed by atoms with E-state index < -0.39 is 0 Å². The normalized spacial score (nSPS) is 12.2. The van der Waals surface area contributed by atoms with Crippen molar-refractivity contribution in [3.63, 3.8) is 0 Å². The molecule has 0 fully saturated rings. The lowest BCUT2D eigenvalue weighted by atomic mass is 10.1. The zero-order valence-electron chi connectivity index (χ0n) is 12.9. The van der Waals surface area contributed by atoms with Crippen LogP contribution in [0.3, 0.4) is 0 Å². The standard InChI is InChI=1S/C16H21N3OS/c1-5-17-12(4)14-9-21-16(18-14)19-15(20)13-7-6-10(2)8-11(13)3/h6-9,12,17H,5H2,1-4H3,(H,18,19,20). The first-order valence-electron chi connectivity index (χ1n) is 7.08. The van der Waals surface area contributed by atoms with Gasteiger partial charge in [-0.3, -0.25) is 10.1 Å². The first-order chi connectivity index (χ1) is 10.0. The highest BCUT2D eigenvalue weighted by molar-refractivity contribution is 7.14. The van der Waals surface area contributed by atoms with Gasteiger partial charge >= 0.3 is 0 Å². The van der Waals surface area contributed by atoms with Crippen LogP contribution in [0.2, 0.25) is 0 Å². The van der Waals surface area contributed by atoms with Crippen LogP contribution in [0.5, 0.6) is 0 Å². The van der Waals surface area contributed by atoms with Gasteiger partial charge in [0.05, 0.1) is 5.69 Å². The highest BCUT2D eigenvalue weighted by atomic mass is 32.1. The minimum Gasteiger partial charge on any atom is -0.309 e. The highest BCUT2D eigenvalue weighted by Gasteiger charge is 2.13. The van der Waals surface area contributed by atoms with Gasteiger partial charge in [0.2, 0.25) is 0 Å². The Labute approximate surface area is 129 Å². The lowest BCUT2D eigenvalue weighted by Gasteiger charge is -2.08. The third-order valence-corrected chi connectivity index (χ3v) is 4.10. The largest absolute Gasteiger partial charge is 0.309 e. The fourth-order valence-electron chi connectivity index (χ4n) is 2.19. The summed E-state index contributed by atoms with van der Waals surface area (Å²) in [6.07, 6.45) is 0. The van der Waals surface area contributed by atoms with Crippen LogP contribution in [-0.2, 0) is 0 Å². The molecule has 2 N–H and O–H groups in total. The van der Waals surface area contributed by atoms with Crippen molar-refractivity contribution in [2.75, 3.05) is 11.9 Å². The Kier molecular flexibility index (Phi) is 5.09. The predicted octanol–water partition coefficient (Wildman–Crippen LogP) is 3.68. The second-order valence-corrected chi connectivity index (χ2v) is 5.99. The van der Waals surface area contributed by atoms with Crippen molar-refractivity contribution in [2.45, 2.75) is 33.7 Å². The molecule has 0 spiro atoms. The van der Waals surface area contributed by atoms with E-state index in [1.54, 1.807) is 0 Å². The van der Waals surface area contributed by atoms with E-state index in [9.17, 15) is 4.79 Å². The molecule has 0 bridgehead atoms. The van der Waals surface area contributed by atoms with E-state index in [1.165, 1.54) is 11.3 Å². The molecule has 0 saturated heterocycles. The molecular weight excluding hydrogens is 282 g/mol. The van der Waals surface area contributed by atoms with Crippen LogP contribution in [0.15, 0.2) is 23.6 Å². The average Bonchev–Trinajstić information content (AvgIpc) is 2.87. The number of rotatable bonds is 5. The van der Waals surface area contributed by atoms with E-state index in [4.69, 9.17) is 0 Å². The summed E-state index contributed by atoms with van der Waals surface area (Å²) in [6.45, 7) is 8.98. The van der Waals surface area contributed by atoms with Gasteiger partial charge in [0.15, 0.2) is 5.13 Å². The van der Waals surface area contributed by atoms with Gasteiger partial charge in [-0.2, -0.15) is 0 Å². The van der Waals surface area contributed by atoms with Gasteiger partial charge in [-0.15, -0.1) is 11.3 Å². The summed E-state index contributed by atoms with van der Waals surface area (Å²) in [7, 11) is 0. The SMILES string of the molecule is CCNC(C)c1csc(NC(=O)c2ccc(C)cc2C)n1. The number of nitrogens with zero attached hydrogens (tertiary/aromatic N) is 1. The fraction of sp³-hybridized carbons (Fsp3) is 0.375. The van der Waals surface area contributed by atoms with Crippen LogP contribution in [0.1, 0.15) is 47.1 Å². The molecule has 1 aromatic heterocycles. The Bertz CT molecular complexity index is 636. The molecule has 2 rings (SSSR count). The molecule has 1 heterocycles. The van der Waals surface area contributed by atoms with E-state index in [1.807, 2.05) is 37.4 Å². The zero-order valence-corrected chi connectivity index (χ0v) is 13.7. The van der Waals surface area contributed by atoms with Crippen molar-refractivity contribution in [3.05, 3.63) is 46.0 Å². The van der Waals surface area contributed by atoms with Crippen LogP contribution in [0, 0.1) is 13.8 Å². The predicted molar refractivity (Wildman–Crippen MR) is 88.1 cm³/mol. The molecule has 112 valence electrons. The fourth-order valence-corrected chi connectivity index (χ4v) is 2.98. The first kappa shape index (κ1) is 15.7. The van der Waals surface area contributed by atoms with Crippen LogP contribution in [-0.4, -0.2) is 17.4 Å². The van der Waals surface area contributed by atoms with Gasteiger partial charge in [0, 0.05) is 17.0 Å². The maximum absolute atomic E-state index is 12.3. The Morgan fingerprint density at radius 3 is 2.81 bits per heavy atom. The highest BCUT2D eigenvalue weighted by Crippen LogP contribution is 2.21. The molecule has 1 atom stereocenters. The third kappa shape index (κ3) is 3.89. The van der Waals surface area contributed by atoms with E-state index in [2.05, 4.69) is 29.5 Å². The number of amides is 1. The Hall–Kier alpha value is -1.72. The van der Waals surface area contributed by atoms with Gasteiger partial charge < -0.3 is 5.32 Å². The summed E-state index contributed by atoms with van der Waals surface area (Å²) in [4.78, 5) is 16.8. The third-order valence-electron chi connectivity index (χ3n) is 3.32. The van der Waals surface area contributed by atoms with Crippen LogP contribution < -0.4 is 10.6 Å². The summed E-state index contributed by atoms with van der Waals surface area (Å²) in [5.41, 5.74) is 3.78. The van der Waals surface area contributed by atoms with Crippen LogP contribution >= 0.6 is 11.3 Å². The molecule has 5 heteroatoms. The molecule has 0 aliphatic heterocycles. The molecule has 4 nitrogen and oxygen atoms in total. The van der Waals surface area contributed by atoms with Crippen molar-refractivity contribution in [1.29, 1.82) is 0 Å². The lowest BCUT2D eigenvalue weighted by molar-refractivity contribution is 0.102. The number of thiazole rings is 1. The minimum absolute atomic E-state index is 0.107. The Morgan fingerprint density at radius 2 is 2.14 bits per heavy atom. The van der Waals surface area contributed by atoms with Gasteiger partial charge in [0.1, 0.15) is 0 Å². The number of aromatic nitrogens is 1. The van der Waals surface area contributed by atoms with Crippen LogP contribution in [0.25, 0.3) is 0 Å². The number of anilines is 1. The number of carbonyl (C=O) groups is 1. The number of hydrogen-bond donors (Lipinski definition) is 2. The topological polar surface area (TPSA) is 54.0 Å². The summed E-state index contributed by atoms with van der Waals surface area (Å²) < 4.78 is 0. The molecule has 1 unspecified atom stereocenters. The molecule has 1 aromatic carbocycles. The lowest BCUT2D eigenvalue weighted by Crippen LogP contribution is -2.18. The van der Waals surface area contributed by atoms with Crippen LogP contribution in [0.4, 0.5) is 5.13 Å². The summed E-state index contributed by atoms with van der Waals surface area (Å²) in [5, 5.41) is 8.80. The van der Waals surface area contributed by atoms with Crippen molar-refractivity contribution in [3.8, 4) is 0 Å². The van der Waals surface area contributed by atoms with E-state index in [0.717, 1.165) is 23.4 Å². The molecule has 1 amide bonds. The Morgan fingerprint density at radius 1 is 1.38 bits per heavy atom. The molecule has 0 aliphatic carbocycles. The quantitative estimate of drug-likeness (QED) is 0.886. The number of hydrogen-bond acceptors (Lipinski definition) is 4. The smallest absolute Gasteiger partial charge is 0.257 e. The molecule has 2 aromatic rings.